The number of aryl methyl sites for hydroxylation is 3. The Labute approximate surface area is 138 Å². The number of imidazole rings is 1. The molecule has 0 aliphatic heterocycles. The van der Waals surface area contributed by atoms with Crippen molar-refractivity contribution in [1.82, 2.24) is 14.7 Å². The molecular formula is C17H18BrN3O. The van der Waals surface area contributed by atoms with E-state index in [0.29, 0.717) is 0 Å². The minimum Gasteiger partial charge on any atom is -0.356 e. The van der Waals surface area contributed by atoms with Gasteiger partial charge >= 0.3 is 0 Å². The number of rotatable bonds is 6. The Morgan fingerprint density at radius 3 is 2.82 bits per heavy atom. The number of hydrogen-bond acceptors (Lipinski definition) is 3. The van der Waals surface area contributed by atoms with Gasteiger partial charge in [-0.05, 0) is 25.0 Å². The molecule has 0 saturated carbocycles. The number of benzene rings is 1. The highest BCUT2D eigenvalue weighted by molar-refractivity contribution is 9.10. The van der Waals surface area contributed by atoms with Crippen LogP contribution in [0.1, 0.15) is 24.9 Å². The van der Waals surface area contributed by atoms with Crippen LogP contribution in [0.2, 0.25) is 0 Å². The fraction of sp³-hybridized carbons (Fsp3) is 0.294. The Morgan fingerprint density at radius 2 is 2.05 bits per heavy atom. The molecule has 114 valence electrons. The van der Waals surface area contributed by atoms with Crippen LogP contribution in [0.5, 0.6) is 0 Å². The van der Waals surface area contributed by atoms with Gasteiger partial charge in [-0.2, -0.15) is 0 Å². The average molecular weight is 360 g/mol. The van der Waals surface area contributed by atoms with Gasteiger partial charge in [-0.15, -0.1) is 0 Å². The van der Waals surface area contributed by atoms with Gasteiger partial charge in [0.1, 0.15) is 5.82 Å². The highest BCUT2D eigenvalue weighted by Gasteiger charge is 2.07. The molecule has 3 aromatic rings. The first-order valence-electron chi connectivity index (χ1n) is 7.48. The minimum absolute atomic E-state index is 0.819. The predicted molar refractivity (Wildman–Crippen MR) is 89.6 cm³/mol. The molecule has 1 aromatic carbocycles. The van der Waals surface area contributed by atoms with Gasteiger partial charge in [0.25, 0.3) is 0 Å². The second-order valence-corrected chi connectivity index (χ2v) is 6.10. The van der Waals surface area contributed by atoms with Gasteiger partial charge in [0, 0.05) is 41.5 Å². The lowest BCUT2D eigenvalue weighted by Crippen LogP contribution is -2.03. The molecule has 5 heteroatoms. The molecule has 2 aromatic heterocycles. The molecule has 0 spiro atoms. The van der Waals surface area contributed by atoms with E-state index >= 15 is 0 Å². The molecule has 0 amide bonds. The van der Waals surface area contributed by atoms with Crippen molar-refractivity contribution in [2.75, 3.05) is 0 Å². The fourth-order valence-corrected chi connectivity index (χ4v) is 2.73. The minimum atomic E-state index is 0.819. The number of hydrogen-bond donors (Lipinski definition) is 0. The second kappa shape index (κ2) is 6.92. The van der Waals surface area contributed by atoms with E-state index in [9.17, 15) is 0 Å². The highest BCUT2D eigenvalue weighted by atomic mass is 79.9. The summed E-state index contributed by atoms with van der Waals surface area (Å²) in [4.78, 5) is 4.34. The normalized spacial score (nSPS) is 11.0. The first-order chi connectivity index (χ1) is 10.8. The summed E-state index contributed by atoms with van der Waals surface area (Å²) in [5.41, 5.74) is 2.04. The maximum absolute atomic E-state index is 5.44. The summed E-state index contributed by atoms with van der Waals surface area (Å²) in [6, 6.07) is 10.1. The van der Waals surface area contributed by atoms with E-state index in [2.05, 4.69) is 37.6 Å². The molecule has 4 nitrogen and oxygen atoms in total. The quantitative estimate of drug-likeness (QED) is 0.650. The summed E-state index contributed by atoms with van der Waals surface area (Å²) >= 11 is 3.43. The first kappa shape index (κ1) is 15.0. The molecule has 0 unspecified atom stereocenters. The Bertz CT molecular complexity index is 730. The Morgan fingerprint density at radius 1 is 1.23 bits per heavy atom. The Kier molecular flexibility index (Phi) is 4.73. The van der Waals surface area contributed by atoms with Crippen molar-refractivity contribution >= 4 is 15.9 Å². The van der Waals surface area contributed by atoms with Crippen LogP contribution in [0.25, 0.3) is 11.3 Å². The third-order valence-corrected chi connectivity index (χ3v) is 4.17. The Balaban J connectivity index is 1.59. The molecular weight excluding hydrogens is 342 g/mol. The largest absolute Gasteiger partial charge is 0.356 e. The van der Waals surface area contributed by atoms with E-state index in [1.165, 1.54) is 0 Å². The molecule has 0 saturated heterocycles. The molecule has 0 aliphatic carbocycles. The first-order valence-corrected chi connectivity index (χ1v) is 8.27. The smallest absolute Gasteiger partial charge is 0.167 e. The van der Waals surface area contributed by atoms with Crippen LogP contribution in [0.3, 0.4) is 0 Å². The van der Waals surface area contributed by atoms with Crippen molar-refractivity contribution in [3.8, 4) is 11.3 Å². The van der Waals surface area contributed by atoms with Crippen LogP contribution in [0.4, 0.5) is 0 Å². The van der Waals surface area contributed by atoms with Crippen molar-refractivity contribution in [2.24, 2.45) is 0 Å². The lowest BCUT2D eigenvalue weighted by atomic mass is 10.1. The maximum Gasteiger partial charge on any atom is 0.167 e. The zero-order valence-electron chi connectivity index (χ0n) is 12.5. The predicted octanol–water partition coefficient (Wildman–Crippen LogP) is 4.50. The number of halogens is 1. The van der Waals surface area contributed by atoms with Gasteiger partial charge < -0.3 is 9.09 Å². The van der Waals surface area contributed by atoms with Crippen molar-refractivity contribution in [1.29, 1.82) is 0 Å². The third kappa shape index (κ3) is 3.47. The summed E-state index contributed by atoms with van der Waals surface area (Å²) in [5, 5.41) is 4.16. The summed E-state index contributed by atoms with van der Waals surface area (Å²) < 4.78 is 8.70. The van der Waals surface area contributed by atoms with E-state index in [0.717, 1.165) is 53.1 Å². The van der Waals surface area contributed by atoms with Crippen LogP contribution in [-0.4, -0.2) is 14.7 Å². The van der Waals surface area contributed by atoms with Crippen molar-refractivity contribution in [3.63, 3.8) is 0 Å². The summed E-state index contributed by atoms with van der Waals surface area (Å²) in [6.45, 7) is 3.09. The van der Waals surface area contributed by atoms with Gasteiger partial charge in [-0.1, -0.05) is 40.1 Å². The average Bonchev–Trinajstić information content (AvgIpc) is 3.17. The van der Waals surface area contributed by atoms with Gasteiger partial charge in [-0.3, -0.25) is 0 Å². The zero-order valence-corrected chi connectivity index (χ0v) is 14.1. The Hall–Kier alpha value is -1.88. The molecule has 0 radical (unpaired) electrons. The van der Waals surface area contributed by atoms with Crippen molar-refractivity contribution < 1.29 is 4.52 Å². The van der Waals surface area contributed by atoms with Crippen LogP contribution in [-0.2, 0) is 19.4 Å². The second-order valence-electron chi connectivity index (χ2n) is 5.18. The SMILES string of the molecule is CCc1nccn1CCCc1cc(-c2ccc(Br)cc2)on1. The molecule has 0 fully saturated rings. The van der Waals surface area contributed by atoms with E-state index in [1.807, 2.05) is 42.7 Å². The van der Waals surface area contributed by atoms with Crippen LogP contribution in [0, 0.1) is 0 Å². The molecule has 0 bridgehead atoms. The molecule has 3 rings (SSSR count). The highest BCUT2D eigenvalue weighted by Crippen LogP contribution is 2.23. The summed E-state index contributed by atoms with van der Waals surface area (Å²) in [6.07, 6.45) is 6.79. The summed E-state index contributed by atoms with van der Waals surface area (Å²) in [5.74, 6) is 1.95. The van der Waals surface area contributed by atoms with Crippen molar-refractivity contribution in [3.05, 3.63) is 58.7 Å². The van der Waals surface area contributed by atoms with E-state index in [-0.39, 0.29) is 0 Å². The number of nitrogens with zero attached hydrogens (tertiary/aromatic N) is 3. The standard InChI is InChI=1S/C17H18BrN3O/c1-2-17-19-9-11-21(17)10-3-4-15-12-16(22-20-15)13-5-7-14(18)8-6-13/h5-9,11-12H,2-4,10H2,1H3. The lowest BCUT2D eigenvalue weighted by molar-refractivity contribution is 0.421. The van der Waals surface area contributed by atoms with Crippen LogP contribution in [0.15, 0.2) is 51.7 Å². The molecule has 2 heterocycles. The maximum atomic E-state index is 5.44. The van der Waals surface area contributed by atoms with E-state index in [4.69, 9.17) is 4.52 Å². The van der Waals surface area contributed by atoms with Crippen LogP contribution < -0.4 is 0 Å². The topological polar surface area (TPSA) is 43.9 Å². The molecule has 22 heavy (non-hydrogen) atoms. The molecule has 0 aliphatic rings. The van der Waals surface area contributed by atoms with E-state index < -0.39 is 0 Å². The summed E-state index contributed by atoms with van der Waals surface area (Å²) in [7, 11) is 0. The third-order valence-electron chi connectivity index (χ3n) is 3.64. The fourth-order valence-electron chi connectivity index (χ4n) is 2.47. The van der Waals surface area contributed by atoms with Gasteiger partial charge in [0.15, 0.2) is 5.76 Å². The van der Waals surface area contributed by atoms with Gasteiger partial charge in [0.2, 0.25) is 0 Å². The monoisotopic (exact) mass is 359 g/mol. The van der Waals surface area contributed by atoms with Gasteiger partial charge in [0.05, 0.1) is 5.69 Å². The van der Waals surface area contributed by atoms with E-state index in [1.54, 1.807) is 0 Å². The van der Waals surface area contributed by atoms with Gasteiger partial charge in [-0.25, -0.2) is 4.98 Å². The lowest BCUT2D eigenvalue weighted by Gasteiger charge is -2.04. The molecule has 0 atom stereocenters. The van der Waals surface area contributed by atoms with Crippen LogP contribution >= 0.6 is 15.9 Å². The molecule has 0 N–H and O–H groups in total. The zero-order chi connectivity index (χ0) is 15.4. The van der Waals surface area contributed by atoms with Crippen molar-refractivity contribution in [2.45, 2.75) is 32.7 Å². The number of aromatic nitrogens is 3.